The van der Waals surface area contributed by atoms with Crippen LogP contribution in [0.4, 0.5) is 0 Å². The first-order valence-corrected chi connectivity index (χ1v) is 25.2. The summed E-state index contributed by atoms with van der Waals surface area (Å²) >= 11 is 0. The fraction of sp³-hybridized carbons (Fsp3) is 0.463. The second kappa shape index (κ2) is 54.3. The van der Waals surface area contributed by atoms with Crippen molar-refractivity contribution in [1.29, 1.82) is 0 Å². The van der Waals surface area contributed by atoms with Crippen LogP contribution in [0.5, 0.6) is 0 Å². The van der Waals surface area contributed by atoms with Gasteiger partial charge in [0.05, 0.1) is 42.3 Å². The van der Waals surface area contributed by atoms with Gasteiger partial charge in [-0.15, -0.1) is 0 Å². The van der Waals surface area contributed by atoms with E-state index in [9.17, 15) is 24.0 Å². The van der Waals surface area contributed by atoms with E-state index >= 15 is 0 Å². The Balaban J connectivity index is -0.000000292. The molecule has 3 amide bonds. The summed E-state index contributed by atoms with van der Waals surface area (Å²) in [6.07, 6.45) is 0. The molecule has 0 saturated heterocycles. The van der Waals surface area contributed by atoms with E-state index < -0.39 is 11.9 Å². The van der Waals surface area contributed by atoms with Gasteiger partial charge in [0.1, 0.15) is 32.9 Å². The van der Waals surface area contributed by atoms with Gasteiger partial charge in [-0.3, -0.25) is 38.6 Å². The molecular weight excluding hydrogens is 1280 g/mol. The number of hydrogen-bond acceptors (Lipinski definition) is 18. The first-order chi connectivity index (χ1) is 37.5. The van der Waals surface area contributed by atoms with Crippen molar-refractivity contribution in [3.05, 3.63) is 142 Å². The van der Waals surface area contributed by atoms with Gasteiger partial charge in [-0.05, 0) is 33.4 Å². The van der Waals surface area contributed by atoms with Gasteiger partial charge in [0.25, 0.3) is 0 Å². The Hall–Kier alpha value is -4.91. The molecule has 4 aromatic rings. The SMILES string of the molecule is CC.CNOCC(=O)NCc1ccc(CN)cc1.CNOCC(=O)NCc1ccc(C[N+](C)(C)C)cc1.CNOCC(=O)O.CNOCC(=O)O.C[N+](C)(C)Cc1ccc(CNC(=O)CON)cc1.NCc1ccc(CN)cc1.[I-].[I-]. The average Bonchev–Trinajstić information content (AvgIpc) is 3.42. The van der Waals surface area contributed by atoms with Crippen LogP contribution in [0.1, 0.15) is 58.4 Å². The smallest absolute Gasteiger partial charge is 0.331 e. The number of nitrogens with two attached hydrogens (primary N) is 4. The Morgan fingerprint density at radius 1 is 0.395 bits per heavy atom. The van der Waals surface area contributed by atoms with Crippen LogP contribution >= 0.6 is 0 Å². The molecule has 0 aliphatic carbocycles. The highest BCUT2D eigenvalue weighted by Crippen LogP contribution is 2.11. The lowest BCUT2D eigenvalue weighted by Crippen LogP contribution is -3.00. The van der Waals surface area contributed by atoms with Crippen LogP contribution in [0.3, 0.4) is 0 Å². The fourth-order valence-corrected chi connectivity index (χ4v) is 5.60. The van der Waals surface area contributed by atoms with Gasteiger partial charge in [-0.1, -0.05) is 111 Å². The molecule has 0 radical (unpaired) electrons. The van der Waals surface area contributed by atoms with Crippen LogP contribution in [0, 0.1) is 0 Å². The second-order valence-corrected chi connectivity index (χ2v) is 18.2. The number of hydroxylamine groups is 4. The number of benzene rings is 4. The lowest BCUT2D eigenvalue weighted by molar-refractivity contribution is -0.884. The van der Waals surface area contributed by atoms with Crippen molar-refractivity contribution in [3.63, 3.8) is 0 Å². The third-order valence-corrected chi connectivity index (χ3v) is 9.17. The molecule has 0 aliphatic heterocycles. The summed E-state index contributed by atoms with van der Waals surface area (Å²) in [6.45, 7) is 8.55. The predicted octanol–water partition coefficient (Wildman–Crippen LogP) is -4.95. The molecule has 0 aliphatic rings. The van der Waals surface area contributed by atoms with Crippen LogP contribution in [-0.2, 0) is 101 Å². The van der Waals surface area contributed by atoms with Crippen molar-refractivity contribution in [2.45, 2.75) is 66.2 Å². The Bertz CT molecular complexity index is 2130. The number of carboxylic acids is 2. The maximum Gasteiger partial charge on any atom is 0.331 e. The molecule has 0 fully saturated rings. The molecule has 0 heterocycles. The highest BCUT2D eigenvalue weighted by atomic mass is 127. The van der Waals surface area contributed by atoms with Gasteiger partial charge in [0.15, 0.2) is 13.2 Å². The zero-order chi connectivity index (χ0) is 60.5. The second-order valence-electron chi connectivity index (χ2n) is 18.2. The van der Waals surface area contributed by atoms with Crippen LogP contribution in [0.2, 0.25) is 0 Å². The standard InChI is InChI=1S/C14H23N3O2.C13H21N3O2.C11H17N3O2.C8H12N2.2C3H7NO3.C2H6.2HI/c1-15-19-11-14(18)16-9-12-5-7-13(8-6-12)10-17(2,3)4;1-16(2,3)9-12-6-4-11(5-7-12)8-15-13(17)10-18-14;1-13-16-8-11(15)14-7-10-4-2-9(6-12)3-5-10;9-5-7-1-2-8(6-10)4-3-7;2*1-4-7-2-3(5)6;1-2;;/h5-8,15H,9-11H2,1-4H3;4-7H,8-10,14H2,1-3H3;2-5,13H,6-8,12H2,1H3,(H,14,15);1-4H,5-6,9-10H2;2*4H,2H2,1H3,(H,5,6);1-2H3;2*1H. The molecule has 27 heteroatoms. The van der Waals surface area contributed by atoms with E-state index in [1.165, 1.54) is 25.2 Å². The van der Waals surface area contributed by atoms with E-state index in [1.54, 1.807) is 14.1 Å². The van der Waals surface area contributed by atoms with E-state index in [0.717, 1.165) is 55.4 Å². The van der Waals surface area contributed by atoms with E-state index in [2.05, 4.69) is 119 Å². The third kappa shape index (κ3) is 55.4. The lowest BCUT2D eigenvalue weighted by Gasteiger charge is -2.23. The van der Waals surface area contributed by atoms with E-state index in [1.807, 2.05) is 86.6 Å². The zero-order valence-electron chi connectivity index (χ0n) is 49.4. The van der Waals surface area contributed by atoms with Gasteiger partial charge in [-0.25, -0.2) is 37.4 Å². The number of quaternary nitrogens is 2. The Morgan fingerprint density at radius 2 is 0.605 bits per heavy atom. The zero-order valence-corrected chi connectivity index (χ0v) is 53.7. The van der Waals surface area contributed by atoms with Gasteiger partial charge in [0.2, 0.25) is 17.7 Å². The number of amides is 3. The fourth-order valence-electron chi connectivity index (χ4n) is 5.60. The van der Waals surface area contributed by atoms with Gasteiger partial charge < -0.3 is 100 Å². The molecule has 0 saturated carbocycles. The number of nitrogens with one attached hydrogen (secondary N) is 7. The van der Waals surface area contributed by atoms with Crippen LogP contribution < -0.4 is 109 Å². The number of aliphatic carboxylic acids is 2. The summed E-state index contributed by atoms with van der Waals surface area (Å²) in [5.41, 5.74) is 34.8. The average molecular weight is 1370 g/mol. The first kappa shape index (κ1) is 84.9. The minimum absolute atomic E-state index is 0. The lowest BCUT2D eigenvalue weighted by atomic mass is 10.1. The summed E-state index contributed by atoms with van der Waals surface area (Å²) < 4.78 is 1.79. The Kier molecular flexibility index (Phi) is 57.0. The maximum atomic E-state index is 11.4. The van der Waals surface area contributed by atoms with Crippen LogP contribution in [0.15, 0.2) is 97.1 Å². The maximum absolute atomic E-state index is 11.4. The molecule has 81 heavy (non-hydrogen) atoms. The van der Waals surface area contributed by atoms with E-state index in [4.69, 9.17) is 43.0 Å². The largest absolute Gasteiger partial charge is 1.00 e. The number of carbonyl (C=O) groups is 5. The summed E-state index contributed by atoms with van der Waals surface area (Å²) in [5, 5.41) is 24.0. The van der Waals surface area contributed by atoms with E-state index in [0.29, 0.717) is 39.3 Å². The van der Waals surface area contributed by atoms with Crippen molar-refractivity contribution in [2.24, 2.45) is 23.1 Å². The summed E-state index contributed by atoms with van der Waals surface area (Å²) in [4.78, 5) is 75.2. The molecule has 0 unspecified atom stereocenters. The Labute approximate surface area is 514 Å². The topological polar surface area (TPSA) is 360 Å². The molecule has 4 aromatic carbocycles. The van der Waals surface area contributed by atoms with E-state index in [-0.39, 0.29) is 98.7 Å². The first-order valence-electron chi connectivity index (χ1n) is 25.2. The molecule has 25 nitrogen and oxygen atoms in total. The molecule has 0 spiro atoms. The number of halogens is 2. The minimum atomic E-state index is -0.977. The highest BCUT2D eigenvalue weighted by molar-refractivity contribution is 5.77. The predicted molar refractivity (Wildman–Crippen MR) is 305 cm³/mol. The van der Waals surface area contributed by atoms with Crippen molar-refractivity contribution in [3.8, 4) is 0 Å². The molecule has 0 atom stereocenters. The number of hydrogen-bond donors (Lipinski definition) is 13. The summed E-state index contributed by atoms with van der Waals surface area (Å²) in [5.74, 6) is 2.35. The van der Waals surface area contributed by atoms with Crippen molar-refractivity contribution in [1.82, 2.24) is 37.9 Å². The quantitative estimate of drug-likeness (QED) is 0.0151. The van der Waals surface area contributed by atoms with Crippen molar-refractivity contribution < 1.29 is 115 Å². The summed E-state index contributed by atoms with van der Waals surface area (Å²) in [7, 11) is 19.2. The number of rotatable bonds is 27. The molecule has 17 N–H and O–H groups in total. The molecule has 0 bridgehead atoms. The number of carboxylic acid groups (broad SMARTS) is 2. The number of carbonyl (C=O) groups excluding carboxylic acids is 3. The van der Waals surface area contributed by atoms with Gasteiger partial charge >= 0.3 is 11.9 Å². The van der Waals surface area contributed by atoms with Crippen LogP contribution in [-0.4, -0.2) is 152 Å². The van der Waals surface area contributed by atoms with Gasteiger partial charge in [0, 0.05) is 78.6 Å². The molecule has 4 rings (SSSR count). The minimum Gasteiger partial charge on any atom is -1.00 e. The van der Waals surface area contributed by atoms with Crippen LogP contribution in [0.25, 0.3) is 0 Å². The molecule has 0 aromatic heterocycles. The normalized spacial score (nSPS) is 9.98. The van der Waals surface area contributed by atoms with Crippen molar-refractivity contribution in [2.75, 3.05) is 104 Å². The monoisotopic (exact) mass is 1370 g/mol. The highest BCUT2D eigenvalue weighted by Gasteiger charge is 2.10. The van der Waals surface area contributed by atoms with Gasteiger partial charge in [-0.2, -0.15) is 0 Å². The molecule has 462 valence electrons. The number of nitrogens with zero attached hydrogens (tertiary/aromatic N) is 2. The molecular formula is C54H95I2N13O12. The Morgan fingerprint density at radius 3 is 0.790 bits per heavy atom. The van der Waals surface area contributed by atoms with Crippen molar-refractivity contribution >= 4 is 29.7 Å². The summed E-state index contributed by atoms with van der Waals surface area (Å²) in [6, 6.07) is 32.3. The third-order valence-electron chi connectivity index (χ3n) is 9.17.